The first-order chi connectivity index (χ1) is 7.88. The molecule has 0 radical (unpaired) electrons. The van der Waals surface area contributed by atoms with Gasteiger partial charge in [0.15, 0.2) is 0 Å². The molecule has 0 aromatic rings. The first-order valence-corrected chi connectivity index (χ1v) is 6.59. The zero-order valence-corrected chi connectivity index (χ0v) is 12.0. The van der Waals surface area contributed by atoms with E-state index >= 15 is 0 Å². The largest absolute Gasteiger partial charge is 0.393 e. The Kier molecular flexibility index (Phi) is 4.89. The van der Waals surface area contributed by atoms with Crippen LogP contribution in [0.15, 0.2) is 0 Å². The van der Waals surface area contributed by atoms with Crippen LogP contribution in [0.2, 0.25) is 0 Å². The molecule has 2 N–H and O–H groups in total. The minimum Gasteiger partial charge on any atom is -0.393 e. The Bertz CT molecular complexity index is 296. The average molecular weight is 257 g/mol. The van der Waals surface area contributed by atoms with Crippen molar-refractivity contribution < 1.29 is 4.79 Å². The Morgan fingerprint density at radius 2 is 1.88 bits per heavy atom. The van der Waals surface area contributed by atoms with Crippen molar-refractivity contribution in [2.24, 2.45) is 11.7 Å². The van der Waals surface area contributed by atoms with Crippen LogP contribution < -0.4 is 5.73 Å². The van der Waals surface area contributed by atoms with Gasteiger partial charge in [-0.15, -0.1) is 0 Å². The molecule has 5 heteroatoms. The Morgan fingerprint density at radius 3 is 2.24 bits per heavy atom. The fourth-order valence-corrected chi connectivity index (χ4v) is 2.57. The zero-order valence-electron chi connectivity index (χ0n) is 11.1. The van der Waals surface area contributed by atoms with E-state index < -0.39 is 0 Å². The maximum absolute atomic E-state index is 12.3. The van der Waals surface area contributed by atoms with E-state index in [1.54, 1.807) is 0 Å². The molecule has 0 saturated carbocycles. The van der Waals surface area contributed by atoms with E-state index in [2.05, 4.69) is 25.8 Å². The van der Waals surface area contributed by atoms with Crippen LogP contribution in [0.3, 0.4) is 0 Å². The summed E-state index contributed by atoms with van der Waals surface area (Å²) in [6, 6.07) is 0.762. The molecule has 3 unspecified atom stereocenters. The molecule has 0 aromatic carbocycles. The predicted octanol–water partition coefficient (Wildman–Crippen LogP) is 0.850. The standard InChI is InChI=1S/C12H23N3OS/c1-5-10(11(13)17)12(16)15-6-8(2)14(4)9(3)7-15/h8-10H,5-7H2,1-4H3,(H2,13,17). The molecular weight excluding hydrogens is 234 g/mol. The fourth-order valence-electron chi connectivity index (χ4n) is 2.30. The summed E-state index contributed by atoms with van der Waals surface area (Å²) < 4.78 is 0. The maximum atomic E-state index is 12.3. The average Bonchev–Trinajstić information content (AvgIpc) is 2.25. The van der Waals surface area contributed by atoms with Crippen molar-refractivity contribution in [2.75, 3.05) is 20.1 Å². The van der Waals surface area contributed by atoms with Crippen molar-refractivity contribution in [1.29, 1.82) is 0 Å². The van der Waals surface area contributed by atoms with Gasteiger partial charge in [-0.05, 0) is 27.3 Å². The monoisotopic (exact) mass is 257 g/mol. The van der Waals surface area contributed by atoms with Crippen molar-refractivity contribution in [3.05, 3.63) is 0 Å². The normalized spacial score (nSPS) is 27.9. The third-order valence-corrected chi connectivity index (χ3v) is 4.01. The van der Waals surface area contributed by atoms with Gasteiger partial charge in [-0.25, -0.2) is 0 Å². The fraction of sp³-hybridized carbons (Fsp3) is 0.833. The van der Waals surface area contributed by atoms with Gasteiger partial charge < -0.3 is 10.6 Å². The summed E-state index contributed by atoms with van der Waals surface area (Å²) in [6.45, 7) is 7.75. The molecule has 1 heterocycles. The summed E-state index contributed by atoms with van der Waals surface area (Å²) in [6.07, 6.45) is 0.684. The number of likely N-dealkylation sites (N-methyl/N-ethyl adjacent to an activating group) is 1. The molecule has 0 aliphatic carbocycles. The van der Waals surface area contributed by atoms with Crippen LogP contribution in [-0.4, -0.2) is 52.9 Å². The topological polar surface area (TPSA) is 49.6 Å². The van der Waals surface area contributed by atoms with Crippen LogP contribution in [0.4, 0.5) is 0 Å². The van der Waals surface area contributed by atoms with Crippen LogP contribution in [0.25, 0.3) is 0 Å². The van der Waals surface area contributed by atoms with E-state index in [0.29, 0.717) is 23.5 Å². The zero-order chi connectivity index (χ0) is 13.2. The Morgan fingerprint density at radius 1 is 1.41 bits per heavy atom. The SMILES string of the molecule is CCC(C(=O)N1CC(C)N(C)C(C)C1)C(N)=S. The molecule has 0 aromatic heterocycles. The number of nitrogens with two attached hydrogens (primary N) is 1. The summed E-state index contributed by atoms with van der Waals surface area (Å²) in [5.41, 5.74) is 5.62. The second kappa shape index (κ2) is 5.78. The van der Waals surface area contributed by atoms with Crippen LogP contribution in [0.1, 0.15) is 27.2 Å². The van der Waals surface area contributed by atoms with Gasteiger partial charge >= 0.3 is 0 Å². The summed E-state index contributed by atoms with van der Waals surface area (Å²) >= 11 is 4.96. The van der Waals surface area contributed by atoms with E-state index in [1.165, 1.54) is 0 Å². The first kappa shape index (κ1) is 14.4. The molecule has 1 saturated heterocycles. The maximum Gasteiger partial charge on any atom is 0.232 e. The molecule has 1 rings (SSSR count). The molecule has 1 aliphatic heterocycles. The lowest BCUT2D eigenvalue weighted by Gasteiger charge is -2.43. The smallest absolute Gasteiger partial charge is 0.232 e. The van der Waals surface area contributed by atoms with Crippen LogP contribution in [0.5, 0.6) is 0 Å². The van der Waals surface area contributed by atoms with Gasteiger partial charge in [0.2, 0.25) is 5.91 Å². The summed E-state index contributed by atoms with van der Waals surface area (Å²) in [4.78, 5) is 16.8. The molecule has 0 spiro atoms. The van der Waals surface area contributed by atoms with Crippen LogP contribution in [-0.2, 0) is 4.79 Å². The Balaban J connectivity index is 2.73. The van der Waals surface area contributed by atoms with Gasteiger partial charge in [0, 0.05) is 25.2 Å². The number of amides is 1. The van der Waals surface area contributed by atoms with Crippen molar-refractivity contribution >= 4 is 23.1 Å². The van der Waals surface area contributed by atoms with Gasteiger partial charge in [0.05, 0.1) is 10.9 Å². The quantitative estimate of drug-likeness (QED) is 0.762. The Labute approximate surface area is 109 Å². The van der Waals surface area contributed by atoms with Crippen molar-refractivity contribution in [3.63, 3.8) is 0 Å². The van der Waals surface area contributed by atoms with Crippen LogP contribution >= 0.6 is 12.2 Å². The lowest BCUT2D eigenvalue weighted by molar-refractivity contribution is -0.137. The molecule has 3 atom stereocenters. The van der Waals surface area contributed by atoms with E-state index in [-0.39, 0.29) is 11.8 Å². The highest BCUT2D eigenvalue weighted by molar-refractivity contribution is 7.80. The van der Waals surface area contributed by atoms with E-state index in [9.17, 15) is 4.79 Å². The Hall–Kier alpha value is -0.680. The third kappa shape index (κ3) is 3.16. The molecule has 98 valence electrons. The number of carbonyl (C=O) groups excluding carboxylic acids is 1. The highest BCUT2D eigenvalue weighted by Crippen LogP contribution is 2.17. The number of carbonyl (C=O) groups is 1. The molecule has 0 bridgehead atoms. The molecule has 1 aliphatic rings. The highest BCUT2D eigenvalue weighted by atomic mass is 32.1. The number of rotatable bonds is 3. The van der Waals surface area contributed by atoms with Crippen molar-refractivity contribution in [3.8, 4) is 0 Å². The third-order valence-electron chi connectivity index (χ3n) is 3.72. The number of thiocarbonyl (C=S) groups is 1. The number of hydrogen-bond acceptors (Lipinski definition) is 3. The van der Waals surface area contributed by atoms with E-state index in [0.717, 1.165) is 13.1 Å². The molecule has 4 nitrogen and oxygen atoms in total. The van der Waals surface area contributed by atoms with Gasteiger partial charge in [0.25, 0.3) is 0 Å². The highest BCUT2D eigenvalue weighted by Gasteiger charge is 2.32. The van der Waals surface area contributed by atoms with Crippen molar-refractivity contribution in [1.82, 2.24) is 9.80 Å². The van der Waals surface area contributed by atoms with Crippen molar-refractivity contribution in [2.45, 2.75) is 39.3 Å². The molecule has 1 fully saturated rings. The van der Waals surface area contributed by atoms with Gasteiger partial charge in [0.1, 0.15) is 0 Å². The lowest BCUT2D eigenvalue weighted by atomic mass is 10.0. The number of piperazine rings is 1. The van der Waals surface area contributed by atoms with Crippen LogP contribution in [0, 0.1) is 5.92 Å². The van der Waals surface area contributed by atoms with Gasteiger partial charge in [-0.1, -0.05) is 19.1 Å². The van der Waals surface area contributed by atoms with E-state index in [1.807, 2.05) is 11.8 Å². The second-order valence-corrected chi connectivity index (χ2v) is 5.44. The number of hydrogen-bond donors (Lipinski definition) is 1. The van der Waals surface area contributed by atoms with E-state index in [4.69, 9.17) is 18.0 Å². The van der Waals surface area contributed by atoms with Gasteiger partial charge in [-0.3, -0.25) is 9.69 Å². The first-order valence-electron chi connectivity index (χ1n) is 6.18. The van der Waals surface area contributed by atoms with Gasteiger partial charge in [-0.2, -0.15) is 0 Å². The summed E-state index contributed by atoms with van der Waals surface area (Å²) in [7, 11) is 2.10. The summed E-state index contributed by atoms with van der Waals surface area (Å²) in [5, 5.41) is 0. The minimum atomic E-state index is -0.298. The molecule has 1 amide bonds. The minimum absolute atomic E-state index is 0.0896. The molecule has 17 heavy (non-hydrogen) atoms. The second-order valence-electron chi connectivity index (χ2n) is 4.97. The lowest BCUT2D eigenvalue weighted by Crippen LogP contribution is -2.58. The summed E-state index contributed by atoms with van der Waals surface area (Å²) in [5.74, 6) is -0.209. The predicted molar refractivity (Wildman–Crippen MR) is 73.8 cm³/mol. The number of nitrogens with zero attached hydrogens (tertiary/aromatic N) is 2. The molecular formula is C12H23N3OS.